The summed E-state index contributed by atoms with van der Waals surface area (Å²) in [5.74, 6) is -0.569. The van der Waals surface area contributed by atoms with E-state index >= 15 is 0 Å². The minimum Gasteiger partial charge on any atom is -0.497 e. The van der Waals surface area contributed by atoms with Crippen molar-refractivity contribution in [2.75, 3.05) is 20.8 Å². The summed E-state index contributed by atoms with van der Waals surface area (Å²) in [5, 5.41) is 0. The number of benzene rings is 2. The quantitative estimate of drug-likeness (QED) is 0.769. The first-order valence-electron chi connectivity index (χ1n) is 6.74. The molecule has 0 heterocycles. The van der Waals surface area contributed by atoms with E-state index in [-0.39, 0.29) is 12.2 Å². The number of hydrogen-bond acceptors (Lipinski definition) is 4. The van der Waals surface area contributed by atoms with Crippen LogP contribution in [0.4, 0.5) is 4.39 Å². The number of rotatable bonds is 6. The Balaban J connectivity index is 2.13. The predicted octanol–water partition coefficient (Wildman–Crippen LogP) is 3.17. The summed E-state index contributed by atoms with van der Waals surface area (Å²) in [4.78, 5) is 11.9. The summed E-state index contributed by atoms with van der Waals surface area (Å²) in [6.45, 7) is -0.0140. The van der Waals surface area contributed by atoms with Gasteiger partial charge in [-0.25, -0.2) is 4.39 Å². The van der Waals surface area contributed by atoms with Gasteiger partial charge in [-0.3, -0.25) is 4.79 Å². The van der Waals surface area contributed by atoms with Crippen LogP contribution in [0.25, 0.3) is 0 Å². The number of carbonyl (C=O) groups excluding carboxylic acids is 1. The standard InChI is InChI=1S/C17H17FO4/c1-20-12-7-9-13(10-8-12)22-11-15(17(19)21-2)14-5-3-4-6-16(14)18/h3-10,15H,11H2,1-2H3. The highest BCUT2D eigenvalue weighted by Gasteiger charge is 2.25. The van der Waals surface area contributed by atoms with Gasteiger partial charge in [0, 0.05) is 5.56 Å². The zero-order valence-electron chi connectivity index (χ0n) is 12.4. The molecule has 0 radical (unpaired) electrons. The first kappa shape index (κ1) is 15.8. The fourth-order valence-corrected chi connectivity index (χ4v) is 2.04. The van der Waals surface area contributed by atoms with Crippen molar-refractivity contribution in [3.8, 4) is 11.5 Å². The molecule has 5 heteroatoms. The molecule has 22 heavy (non-hydrogen) atoms. The lowest BCUT2D eigenvalue weighted by Crippen LogP contribution is -2.22. The van der Waals surface area contributed by atoms with Crippen molar-refractivity contribution in [2.24, 2.45) is 0 Å². The lowest BCUT2D eigenvalue weighted by molar-refractivity contribution is -0.143. The van der Waals surface area contributed by atoms with Gasteiger partial charge in [0.2, 0.25) is 0 Å². The second-order valence-corrected chi connectivity index (χ2v) is 4.58. The van der Waals surface area contributed by atoms with Gasteiger partial charge in [-0.1, -0.05) is 18.2 Å². The van der Waals surface area contributed by atoms with Gasteiger partial charge in [0.1, 0.15) is 29.8 Å². The van der Waals surface area contributed by atoms with E-state index in [1.54, 1.807) is 49.6 Å². The molecule has 0 amide bonds. The molecular weight excluding hydrogens is 287 g/mol. The SMILES string of the molecule is COC(=O)C(COc1ccc(OC)cc1)c1ccccc1F. The van der Waals surface area contributed by atoms with E-state index in [0.29, 0.717) is 11.5 Å². The van der Waals surface area contributed by atoms with Gasteiger partial charge in [0.25, 0.3) is 0 Å². The van der Waals surface area contributed by atoms with Crippen LogP contribution in [-0.4, -0.2) is 26.8 Å². The predicted molar refractivity (Wildman–Crippen MR) is 79.6 cm³/mol. The number of methoxy groups -OCH3 is 2. The number of carbonyl (C=O) groups is 1. The highest BCUT2D eigenvalue weighted by Crippen LogP contribution is 2.23. The Hall–Kier alpha value is -2.56. The maximum Gasteiger partial charge on any atom is 0.316 e. The van der Waals surface area contributed by atoms with Crippen LogP contribution in [0.1, 0.15) is 11.5 Å². The smallest absolute Gasteiger partial charge is 0.316 e. The molecule has 0 fully saturated rings. The third-order valence-corrected chi connectivity index (χ3v) is 3.24. The molecule has 0 saturated heterocycles. The molecule has 2 rings (SSSR count). The average Bonchev–Trinajstić information content (AvgIpc) is 2.56. The van der Waals surface area contributed by atoms with Crippen LogP contribution in [0.15, 0.2) is 48.5 Å². The number of hydrogen-bond donors (Lipinski definition) is 0. The molecule has 0 spiro atoms. The van der Waals surface area contributed by atoms with Gasteiger partial charge in [0.15, 0.2) is 0 Å². The van der Waals surface area contributed by atoms with E-state index in [2.05, 4.69) is 0 Å². The molecule has 4 nitrogen and oxygen atoms in total. The van der Waals surface area contributed by atoms with Crippen molar-refractivity contribution >= 4 is 5.97 Å². The third-order valence-electron chi connectivity index (χ3n) is 3.24. The summed E-state index contributed by atoms with van der Waals surface area (Å²) >= 11 is 0. The first-order valence-corrected chi connectivity index (χ1v) is 6.74. The van der Waals surface area contributed by atoms with Crippen molar-refractivity contribution < 1.29 is 23.4 Å². The second-order valence-electron chi connectivity index (χ2n) is 4.58. The lowest BCUT2D eigenvalue weighted by Gasteiger charge is -2.16. The lowest BCUT2D eigenvalue weighted by atomic mass is 9.99. The molecule has 0 N–H and O–H groups in total. The number of esters is 1. The largest absolute Gasteiger partial charge is 0.497 e. The summed E-state index contributed by atoms with van der Waals surface area (Å²) < 4.78 is 29.3. The molecule has 0 aromatic heterocycles. The van der Waals surface area contributed by atoms with Gasteiger partial charge in [-0.05, 0) is 30.3 Å². The summed E-state index contributed by atoms with van der Waals surface area (Å²) in [6.07, 6.45) is 0. The van der Waals surface area contributed by atoms with Gasteiger partial charge in [-0.15, -0.1) is 0 Å². The van der Waals surface area contributed by atoms with Gasteiger partial charge < -0.3 is 14.2 Å². The van der Waals surface area contributed by atoms with E-state index in [4.69, 9.17) is 14.2 Å². The molecule has 0 aliphatic carbocycles. The molecule has 0 aliphatic heterocycles. The third kappa shape index (κ3) is 3.75. The second kappa shape index (κ2) is 7.45. The van der Waals surface area contributed by atoms with Crippen molar-refractivity contribution in [2.45, 2.75) is 5.92 Å². The van der Waals surface area contributed by atoms with Crippen LogP contribution in [0.5, 0.6) is 11.5 Å². The monoisotopic (exact) mass is 304 g/mol. The number of halogens is 1. The minimum absolute atomic E-state index is 0.0140. The average molecular weight is 304 g/mol. The fraction of sp³-hybridized carbons (Fsp3) is 0.235. The molecule has 0 saturated carbocycles. The molecule has 0 bridgehead atoms. The van der Waals surface area contributed by atoms with Gasteiger partial charge in [-0.2, -0.15) is 0 Å². The van der Waals surface area contributed by atoms with E-state index < -0.39 is 17.7 Å². The van der Waals surface area contributed by atoms with Gasteiger partial charge in [0.05, 0.1) is 14.2 Å². The van der Waals surface area contributed by atoms with Crippen LogP contribution >= 0.6 is 0 Å². The topological polar surface area (TPSA) is 44.8 Å². The van der Waals surface area contributed by atoms with Crippen LogP contribution < -0.4 is 9.47 Å². The van der Waals surface area contributed by atoms with Gasteiger partial charge >= 0.3 is 5.97 Å². The summed E-state index contributed by atoms with van der Waals surface area (Å²) in [5.41, 5.74) is 0.253. The summed E-state index contributed by atoms with van der Waals surface area (Å²) in [7, 11) is 2.84. The van der Waals surface area contributed by atoms with E-state index in [1.165, 1.54) is 13.2 Å². The Kier molecular flexibility index (Phi) is 5.36. The Morgan fingerprint density at radius 3 is 2.27 bits per heavy atom. The minimum atomic E-state index is -0.826. The van der Waals surface area contributed by atoms with E-state index in [0.717, 1.165) is 0 Å². The Labute approximate surface area is 128 Å². The molecule has 1 unspecified atom stereocenters. The Morgan fingerprint density at radius 1 is 1.05 bits per heavy atom. The molecular formula is C17H17FO4. The van der Waals surface area contributed by atoms with Crippen LogP contribution in [-0.2, 0) is 9.53 Å². The van der Waals surface area contributed by atoms with Crippen molar-refractivity contribution in [3.05, 3.63) is 59.9 Å². The fourth-order valence-electron chi connectivity index (χ4n) is 2.04. The molecule has 0 aliphatic rings. The number of ether oxygens (including phenoxy) is 3. The van der Waals surface area contributed by atoms with E-state index in [1.807, 2.05) is 0 Å². The molecule has 2 aromatic rings. The van der Waals surface area contributed by atoms with Crippen LogP contribution in [0.3, 0.4) is 0 Å². The highest BCUT2D eigenvalue weighted by molar-refractivity contribution is 5.78. The van der Waals surface area contributed by atoms with Crippen LogP contribution in [0.2, 0.25) is 0 Å². The Morgan fingerprint density at radius 2 is 1.68 bits per heavy atom. The maximum absolute atomic E-state index is 13.9. The first-order chi connectivity index (χ1) is 10.7. The Bertz CT molecular complexity index is 625. The molecule has 1 atom stereocenters. The van der Waals surface area contributed by atoms with Crippen molar-refractivity contribution in [3.63, 3.8) is 0 Å². The molecule has 116 valence electrons. The molecule has 2 aromatic carbocycles. The highest BCUT2D eigenvalue weighted by atomic mass is 19.1. The normalized spacial score (nSPS) is 11.6. The summed E-state index contributed by atoms with van der Waals surface area (Å²) in [6, 6.07) is 13.0. The maximum atomic E-state index is 13.9. The zero-order valence-corrected chi connectivity index (χ0v) is 12.4. The van der Waals surface area contributed by atoms with Crippen LogP contribution in [0, 0.1) is 5.82 Å². The van der Waals surface area contributed by atoms with E-state index in [9.17, 15) is 9.18 Å². The van der Waals surface area contributed by atoms with Crippen molar-refractivity contribution in [1.29, 1.82) is 0 Å². The zero-order chi connectivity index (χ0) is 15.9. The van der Waals surface area contributed by atoms with Crippen molar-refractivity contribution in [1.82, 2.24) is 0 Å².